The number of hydrogen-bond acceptors (Lipinski definition) is 3. The van der Waals surface area contributed by atoms with Gasteiger partial charge in [0.15, 0.2) is 0 Å². The molecule has 0 aromatic heterocycles. The molecular formula is C10H21NO2. The van der Waals surface area contributed by atoms with E-state index in [0.29, 0.717) is 6.04 Å². The van der Waals surface area contributed by atoms with Crippen LogP contribution in [0.15, 0.2) is 0 Å². The van der Waals surface area contributed by atoms with Crippen molar-refractivity contribution in [3.05, 3.63) is 0 Å². The maximum atomic E-state index is 8.90. The van der Waals surface area contributed by atoms with Gasteiger partial charge in [-0.2, -0.15) is 0 Å². The van der Waals surface area contributed by atoms with E-state index < -0.39 is 0 Å². The summed E-state index contributed by atoms with van der Waals surface area (Å²) < 4.78 is 0. The van der Waals surface area contributed by atoms with Gasteiger partial charge >= 0.3 is 0 Å². The van der Waals surface area contributed by atoms with Gasteiger partial charge in [0, 0.05) is 6.04 Å². The monoisotopic (exact) mass is 187 g/mol. The van der Waals surface area contributed by atoms with Gasteiger partial charge in [-0.05, 0) is 18.8 Å². The molecule has 0 aromatic rings. The van der Waals surface area contributed by atoms with Gasteiger partial charge in [-0.25, -0.2) is 0 Å². The molecule has 0 aliphatic heterocycles. The highest BCUT2D eigenvalue weighted by Crippen LogP contribution is 2.23. The van der Waals surface area contributed by atoms with Gasteiger partial charge in [-0.1, -0.05) is 19.8 Å². The topological polar surface area (TPSA) is 52.5 Å². The van der Waals surface area contributed by atoms with Crippen molar-refractivity contribution in [1.82, 2.24) is 5.32 Å². The van der Waals surface area contributed by atoms with Crippen LogP contribution >= 0.6 is 0 Å². The van der Waals surface area contributed by atoms with Crippen LogP contribution in [0.2, 0.25) is 0 Å². The van der Waals surface area contributed by atoms with Gasteiger partial charge in [0.2, 0.25) is 0 Å². The zero-order chi connectivity index (χ0) is 9.68. The first-order chi connectivity index (χ1) is 6.26. The third kappa shape index (κ3) is 3.63. The Balaban J connectivity index is 2.26. The Morgan fingerprint density at radius 2 is 2.00 bits per heavy atom. The Morgan fingerprint density at radius 3 is 2.54 bits per heavy atom. The summed E-state index contributed by atoms with van der Waals surface area (Å²) in [6.45, 7) is 2.32. The minimum atomic E-state index is -0.129. The van der Waals surface area contributed by atoms with Crippen molar-refractivity contribution in [3.8, 4) is 0 Å². The summed E-state index contributed by atoms with van der Waals surface area (Å²) in [5, 5.41) is 21.1. The van der Waals surface area contributed by atoms with Crippen LogP contribution < -0.4 is 5.32 Å². The third-order valence-corrected chi connectivity index (χ3v) is 2.85. The predicted molar refractivity (Wildman–Crippen MR) is 52.5 cm³/mol. The molecule has 0 radical (unpaired) electrons. The van der Waals surface area contributed by atoms with Crippen LogP contribution in [0.4, 0.5) is 0 Å². The number of hydrogen-bond donors (Lipinski definition) is 3. The molecule has 1 fully saturated rings. The molecule has 2 unspecified atom stereocenters. The zero-order valence-electron chi connectivity index (χ0n) is 8.37. The summed E-state index contributed by atoms with van der Waals surface area (Å²) >= 11 is 0. The van der Waals surface area contributed by atoms with Crippen molar-refractivity contribution in [2.45, 2.75) is 44.7 Å². The highest BCUT2D eigenvalue weighted by molar-refractivity contribution is 4.79. The predicted octanol–water partition coefficient (Wildman–Crippen LogP) is 0.508. The molecular weight excluding hydrogens is 166 g/mol. The molecule has 3 N–H and O–H groups in total. The first-order valence-corrected chi connectivity index (χ1v) is 5.24. The lowest BCUT2D eigenvalue weighted by Gasteiger charge is -2.30. The molecule has 3 heteroatoms. The molecule has 13 heavy (non-hydrogen) atoms. The van der Waals surface area contributed by atoms with Gasteiger partial charge in [-0.15, -0.1) is 0 Å². The second-order valence-electron chi connectivity index (χ2n) is 4.20. The fourth-order valence-electron chi connectivity index (χ4n) is 2.08. The Labute approximate surface area is 80.2 Å². The number of aliphatic hydroxyl groups is 2. The average Bonchev–Trinajstić information content (AvgIpc) is 2.14. The standard InChI is InChI=1S/C10H21NO2/c1-8-3-2-4-9(5-8)11-10(6-12)7-13/h8-13H,2-7H2,1H3. The van der Waals surface area contributed by atoms with Crippen molar-refractivity contribution in [1.29, 1.82) is 0 Å². The summed E-state index contributed by atoms with van der Waals surface area (Å²) in [4.78, 5) is 0. The molecule has 0 spiro atoms. The second-order valence-corrected chi connectivity index (χ2v) is 4.20. The van der Waals surface area contributed by atoms with Crippen molar-refractivity contribution in [2.24, 2.45) is 5.92 Å². The molecule has 2 atom stereocenters. The van der Waals surface area contributed by atoms with E-state index in [2.05, 4.69) is 12.2 Å². The van der Waals surface area contributed by atoms with E-state index in [9.17, 15) is 0 Å². The smallest absolute Gasteiger partial charge is 0.0607 e. The summed E-state index contributed by atoms with van der Waals surface area (Å²) in [6, 6.07) is 0.364. The number of rotatable bonds is 4. The van der Waals surface area contributed by atoms with Gasteiger partial charge in [0.25, 0.3) is 0 Å². The Hall–Kier alpha value is -0.120. The minimum Gasteiger partial charge on any atom is -0.395 e. The Kier molecular flexibility index (Phi) is 4.70. The highest BCUT2D eigenvalue weighted by Gasteiger charge is 2.20. The van der Waals surface area contributed by atoms with Gasteiger partial charge in [0.1, 0.15) is 0 Å². The fraction of sp³-hybridized carbons (Fsp3) is 1.00. The van der Waals surface area contributed by atoms with E-state index in [1.165, 1.54) is 25.7 Å². The fourth-order valence-corrected chi connectivity index (χ4v) is 2.08. The van der Waals surface area contributed by atoms with Crippen molar-refractivity contribution in [2.75, 3.05) is 13.2 Å². The van der Waals surface area contributed by atoms with Crippen molar-refractivity contribution >= 4 is 0 Å². The molecule has 1 aliphatic rings. The number of nitrogens with one attached hydrogen (secondary N) is 1. The first-order valence-electron chi connectivity index (χ1n) is 5.24. The normalized spacial score (nSPS) is 29.5. The van der Waals surface area contributed by atoms with Crippen LogP contribution in [-0.4, -0.2) is 35.5 Å². The molecule has 0 heterocycles. The summed E-state index contributed by atoms with van der Waals surface area (Å²) in [7, 11) is 0. The maximum Gasteiger partial charge on any atom is 0.0607 e. The largest absolute Gasteiger partial charge is 0.395 e. The van der Waals surface area contributed by atoms with E-state index >= 15 is 0 Å². The van der Waals surface area contributed by atoms with Crippen molar-refractivity contribution in [3.63, 3.8) is 0 Å². The summed E-state index contributed by atoms with van der Waals surface area (Å²) in [5.74, 6) is 0.782. The van der Waals surface area contributed by atoms with E-state index in [4.69, 9.17) is 10.2 Å². The van der Waals surface area contributed by atoms with Crippen molar-refractivity contribution < 1.29 is 10.2 Å². The molecule has 3 nitrogen and oxygen atoms in total. The van der Waals surface area contributed by atoms with E-state index in [0.717, 1.165) is 5.92 Å². The third-order valence-electron chi connectivity index (χ3n) is 2.85. The van der Waals surface area contributed by atoms with Crippen LogP contribution in [-0.2, 0) is 0 Å². The van der Waals surface area contributed by atoms with E-state index in [-0.39, 0.29) is 19.3 Å². The molecule has 0 saturated heterocycles. The molecule has 0 aromatic carbocycles. The van der Waals surface area contributed by atoms with Crippen LogP contribution in [0.25, 0.3) is 0 Å². The van der Waals surface area contributed by atoms with E-state index in [1.54, 1.807) is 0 Å². The highest BCUT2D eigenvalue weighted by atomic mass is 16.3. The molecule has 0 bridgehead atoms. The molecule has 0 amide bonds. The lowest BCUT2D eigenvalue weighted by Crippen LogP contribution is -2.44. The molecule has 78 valence electrons. The Morgan fingerprint density at radius 1 is 1.31 bits per heavy atom. The zero-order valence-corrected chi connectivity index (χ0v) is 8.37. The van der Waals surface area contributed by atoms with Crippen LogP contribution in [0.3, 0.4) is 0 Å². The maximum absolute atomic E-state index is 8.90. The van der Waals surface area contributed by atoms with Crippen LogP contribution in [0, 0.1) is 5.92 Å². The number of aliphatic hydroxyl groups excluding tert-OH is 2. The summed E-state index contributed by atoms with van der Waals surface area (Å²) in [5.41, 5.74) is 0. The minimum absolute atomic E-state index is 0.0291. The second kappa shape index (κ2) is 5.58. The quantitative estimate of drug-likeness (QED) is 0.601. The lowest BCUT2D eigenvalue weighted by atomic mass is 9.87. The van der Waals surface area contributed by atoms with Gasteiger partial charge < -0.3 is 15.5 Å². The van der Waals surface area contributed by atoms with Gasteiger partial charge in [-0.3, -0.25) is 0 Å². The van der Waals surface area contributed by atoms with Crippen LogP contribution in [0.5, 0.6) is 0 Å². The Bertz CT molecular complexity index is 137. The SMILES string of the molecule is CC1CCCC(NC(CO)CO)C1. The summed E-state index contributed by atoms with van der Waals surface area (Å²) in [6.07, 6.45) is 4.95. The molecule has 1 aliphatic carbocycles. The first kappa shape index (κ1) is 11.0. The van der Waals surface area contributed by atoms with E-state index in [1.807, 2.05) is 0 Å². The average molecular weight is 187 g/mol. The molecule has 1 saturated carbocycles. The lowest BCUT2D eigenvalue weighted by molar-refractivity contribution is 0.149. The van der Waals surface area contributed by atoms with Crippen LogP contribution in [0.1, 0.15) is 32.6 Å². The molecule has 1 rings (SSSR count). The van der Waals surface area contributed by atoms with Gasteiger partial charge in [0.05, 0.1) is 19.3 Å².